The summed E-state index contributed by atoms with van der Waals surface area (Å²) >= 11 is 0. The SMILES string of the molecule is O=C(O)CCCCCCC(=O)CCCC(=O)O. The Balaban J connectivity index is 3.27. The molecule has 2 N–H and O–H groups in total. The number of carbonyl (C=O) groups excluding carboxylic acids is 1. The average molecular weight is 244 g/mol. The third kappa shape index (κ3) is 12.5. The van der Waals surface area contributed by atoms with E-state index in [1.807, 2.05) is 0 Å². The molecule has 0 aliphatic carbocycles. The van der Waals surface area contributed by atoms with Gasteiger partial charge in [-0.1, -0.05) is 12.8 Å². The quantitative estimate of drug-likeness (QED) is 0.544. The zero-order valence-electron chi connectivity index (χ0n) is 9.98. The summed E-state index contributed by atoms with van der Waals surface area (Å²) in [5.41, 5.74) is 0. The first-order valence-electron chi connectivity index (χ1n) is 5.97. The molecule has 0 spiro atoms. The lowest BCUT2D eigenvalue weighted by molar-refractivity contribution is -0.138. The number of Topliss-reactive ketones (excluding diaryl/α,β-unsaturated/α-hetero) is 1. The zero-order valence-corrected chi connectivity index (χ0v) is 9.98. The van der Waals surface area contributed by atoms with Gasteiger partial charge in [0.05, 0.1) is 0 Å². The monoisotopic (exact) mass is 244 g/mol. The highest BCUT2D eigenvalue weighted by Crippen LogP contribution is 2.08. The van der Waals surface area contributed by atoms with Gasteiger partial charge < -0.3 is 10.2 Å². The molecule has 0 fully saturated rings. The molecule has 0 saturated carbocycles. The molecular formula is C12H20O5. The van der Waals surface area contributed by atoms with E-state index in [0.717, 1.165) is 19.3 Å². The van der Waals surface area contributed by atoms with Crippen molar-refractivity contribution < 1.29 is 24.6 Å². The van der Waals surface area contributed by atoms with Crippen molar-refractivity contribution >= 4 is 17.7 Å². The molecule has 98 valence electrons. The van der Waals surface area contributed by atoms with Gasteiger partial charge in [0.25, 0.3) is 0 Å². The molecule has 0 aliphatic rings. The van der Waals surface area contributed by atoms with Crippen molar-refractivity contribution in [3.63, 3.8) is 0 Å². The Hall–Kier alpha value is -1.39. The molecule has 5 heteroatoms. The van der Waals surface area contributed by atoms with Crippen LogP contribution in [0.4, 0.5) is 0 Å². The van der Waals surface area contributed by atoms with Gasteiger partial charge in [-0.2, -0.15) is 0 Å². The van der Waals surface area contributed by atoms with Gasteiger partial charge >= 0.3 is 11.9 Å². The second kappa shape index (κ2) is 9.81. The standard InChI is InChI=1S/C12H20O5/c13-10(7-5-9-12(16)17)6-3-1-2-4-8-11(14)15/h1-9H2,(H,14,15)(H,16,17). The Labute approximate surface area is 101 Å². The van der Waals surface area contributed by atoms with Crippen LogP contribution in [0, 0.1) is 0 Å². The fourth-order valence-electron chi connectivity index (χ4n) is 1.51. The van der Waals surface area contributed by atoms with Crippen molar-refractivity contribution in [1.82, 2.24) is 0 Å². The fourth-order valence-corrected chi connectivity index (χ4v) is 1.51. The summed E-state index contributed by atoms with van der Waals surface area (Å²) in [5, 5.41) is 16.8. The summed E-state index contributed by atoms with van der Waals surface area (Å²) in [4.78, 5) is 31.7. The number of carboxylic acid groups (broad SMARTS) is 2. The van der Waals surface area contributed by atoms with Gasteiger partial charge in [-0.05, 0) is 19.3 Å². The topological polar surface area (TPSA) is 91.7 Å². The Morgan fingerprint density at radius 1 is 0.588 bits per heavy atom. The summed E-state index contributed by atoms with van der Waals surface area (Å²) in [7, 11) is 0. The molecule has 0 rings (SSSR count). The molecule has 0 amide bonds. The molecule has 5 nitrogen and oxygen atoms in total. The number of ketones is 1. The smallest absolute Gasteiger partial charge is 0.303 e. The Morgan fingerprint density at radius 2 is 1.00 bits per heavy atom. The van der Waals surface area contributed by atoms with Crippen LogP contribution >= 0.6 is 0 Å². The molecular weight excluding hydrogens is 224 g/mol. The molecule has 0 bridgehead atoms. The summed E-state index contributed by atoms with van der Waals surface area (Å²) in [6, 6.07) is 0. The van der Waals surface area contributed by atoms with E-state index < -0.39 is 11.9 Å². The van der Waals surface area contributed by atoms with Crippen LogP contribution in [-0.2, 0) is 14.4 Å². The van der Waals surface area contributed by atoms with Crippen molar-refractivity contribution in [3.8, 4) is 0 Å². The van der Waals surface area contributed by atoms with Gasteiger partial charge in [0, 0.05) is 25.7 Å². The molecule has 17 heavy (non-hydrogen) atoms. The summed E-state index contributed by atoms with van der Waals surface area (Å²) < 4.78 is 0. The first kappa shape index (κ1) is 15.6. The second-order valence-corrected chi connectivity index (χ2v) is 4.09. The molecule has 0 atom stereocenters. The lowest BCUT2D eigenvalue weighted by atomic mass is 10.1. The highest BCUT2D eigenvalue weighted by atomic mass is 16.4. The average Bonchev–Trinajstić information content (AvgIpc) is 2.22. The van der Waals surface area contributed by atoms with Crippen LogP contribution in [0.1, 0.15) is 57.8 Å². The molecule has 0 aliphatic heterocycles. The Morgan fingerprint density at radius 3 is 1.53 bits per heavy atom. The van der Waals surface area contributed by atoms with Crippen molar-refractivity contribution in [3.05, 3.63) is 0 Å². The number of carboxylic acids is 2. The van der Waals surface area contributed by atoms with E-state index in [0.29, 0.717) is 25.7 Å². The molecule has 0 unspecified atom stereocenters. The number of carbonyl (C=O) groups is 3. The fraction of sp³-hybridized carbons (Fsp3) is 0.750. The predicted octanol–water partition coefficient (Wildman–Crippen LogP) is 2.24. The minimum atomic E-state index is -0.869. The highest BCUT2D eigenvalue weighted by molar-refractivity contribution is 5.78. The zero-order chi connectivity index (χ0) is 13.1. The van der Waals surface area contributed by atoms with Gasteiger partial charge in [-0.3, -0.25) is 14.4 Å². The van der Waals surface area contributed by atoms with E-state index in [1.54, 1.807) is 0 Å². The largest absolute Gasteiger partial charge is 0.481 e. The molecule has 0 aromatic rings. The van der Waals surface area contributed by atoms with Gasteiger partial charge in [-0.15, -0.1) is 0 Å². The molecule has 0 saturated heterocycles. The van der Waals surface area contributed by atoms with Gasteiger partial charge in [-0.25, -0.2) is 0 Å². The number of aliphatic carboxylic acids is 2. The van der Waals surface area contributed by atoms with Crippen molar-refractivity contribution in [2.24, 2.45) is 0 Å². The Kier molecular flexibility index (Phi) is 9.01. The summed E-state index contributed by atoms with van der Waals surface area (Å²) in [6.07, 6.45) is 4.57. The number of rotatable bonds is 11. The third-order valence-electron chi connectivity index (χ3n) is 2.44. The maximum atomic E-state index is 11.3. The maximum Gasteiger partial charge on any atom is 0.303 e. The third-order valence-corrected chi connectivity index (χ3v) is 2.44. The minimum Gasteiger partial charge on any atom is -0.481 e. The summed E-state index contributed by atoms with van der Waals surface area (Å²) in [6.45, 7) is 0. The normalized spacial score (nSPS) is 10.1. The number of unbranched alkanes of at least 4 members (excludes halogenated alkanes) is 3. The maximum absolute atomic E-state index is 11.3. The predicted molar refractivity (Wildman–Crippen MR) is 61.8 cm³/mol. The number of hydrogen-bond acceptors (Lipinski definition) is 3. The lowest BCUT2D eigenvalue weighted by Gasteiger charge is -2.00. The van der Waals surface area contributed by atoms with E-state index in [4.69, 9.17) is 10.2 Å². The van der Waals surface area contributed by atoms with Crippen LogP contribution < -0.4 is 0 Å². The van der Waals surface area contributed by atoms with E-state index >= 15 is 0 Å². The van der Waals surface area contributed by atoms with Gasteiger partial charge in [0.15, 0.2) is 0 Å². The van der Waals surface area contributed by atoms with Crippen molar-refractivity contribution in [2.75, 3.05) is 0 Å². The second-order valence-electron chi connectivity index (χ2n) is 4.09. The van der Waals surface area contributed by atoms with E-state index in [2.05, 4.69) is 0 Å². The molecule has 0 radical (unpaired) electrons. The Bertz CT molecular complexity index is 260. The minimum absolute atomic E-state index is 0.0460. The van der Waals surface area contributed by atoms with Crippen molar-refractivity contribution in [2.45, 2.75) is 57.8 Å². The first-order chi connectivity index (χ1) is 8.02. The van der Waals surface area contributed by atoms with Crippen LogP contribution in [-0.4, -0.2) is 27.9 Å². The van der Waals surface area contributed by atoms with E-state index in [-0.39, 0.29) is 18.6 Å². The number of hydrogen-bond donors (Lipinski definition) is 2. The van der Waals surface area contributed by atoms with E-state index in [1.165, 1.54) is 0 Å². The van der Waals surface area contributed by atoms with Crippen LogP contribution in [0.5, 0.6) is 0 Å². The van der Waals surface area contributed by atoms with Crippen LogP contribution in [0.3, 0.4) is 0 Å². The van der Waals surface area contributed by atoms with Crippen molar-refractivity contribution in [1.29, 1.82) is 0 Å². The van der Waals surface area contributed by atoms with E-state index in [9.17, 15) is 14.4 Å². The lowest BCUT2D eigenvalue weighted by Crippen LogP contribution is -2.01. The van der Waals surface area contributed by atoms with Gasteiger partial charge in [0.1, 0.15) is 5.78 Å². The van der Waals surface area contributed by atoms with Gasteiger partial charge in [0.2, 0.25) is 0 Å². The summed E-state index contributed by atoms with van der Waals surface area (Å²) in [5.74, 6) is -1.55. The first-order valence-corrected chi connectivity index (χ1v) is 5.97. The van der Waals surface area contributed by atoms with Crippen LogP contribution in [0.25, 0.3) is 0 Å². The molecule has 0 aromatic carbocycles. The molecule has 0 heterocycles. The highest BCUT2D eigenvalue weighted by Gasteiger charge is 2.04. The van der Waals surface area contributed by atoms with Crippen LogP contribution in [0.2, 0.25) is 0 Å². The van der Waals surface area contributed by atoms with Crippen LogP contribution in [0.15, 0.2) is 0 Å². The molecule has 0 aromatic heterocycles.